The highest BCUT2D eigenvalue weighted by Crippen LogP contribution is 2.33. The number of carbonyl (C=O) groups is 1. The van der Waals surface area contributed by atoms with Crippen LogP contribution in [0.3, 0.4) is 0 Å². The molecule has 0 bridgehead atoms. The summed E-state index contributed by atoms with van der Waals surface area (Å²) in [5.41, 5.74) is 9.33. The van der Waals surface area contributed by atoms with Gasteiger partial charge in [0.05, 0.1) is 6.61 Å². The highest BCUT2D eigenvalue weighted by Gasteiger charge is 2.21. The lowest BCUT2D eigenvalue weighted by atomic mass is 9.95. The van der Waals surface area contributed by atoms with Gasteiger partial charge in [0.1, 0.15) is 0 Å². The van der Waals surface area contributed by atoms with Crippen molar-refractivity contribution in [1.29, 1.82) is 0 Å². The summed E-state index contributed by atoms with van der Waals surface area (Å²) in [7, 11) is 0. The third-order valence-electron chi connectivity index (χ3n) is 5.32. The van der Waals surface area contributed by atoms with Gasteiger partial charge in [-0.2, -0.15) is 4.98 Å². The van der Waals surface area contributed by atoms with E-state index in [2.05, 4.69) is 24.0 Å². The molecule has 0 aliphatic heterocycles. The number of aromatic nitrogens is 3. The monoisotopic (exact) mass is 446 g/mol. The summed E-state index contributed by atoms with van der Waals surface area (Å²) in [6.45, 7) is 6.82. The van der Waals surface area contributed by atoms with Crippen LogP contribution < -0.4 is 11.3 Å². The first-order valence-corrected chi connectivity index (χ1v) is 10.9. The zero-order chi connectivity index (χ0) is 23.5. The lowest BCUT2D eigenvalue weighted by Crippen LogP contribution is -2.28. The first kappa shape index (κ1) is 22.4. The first-order chi connectivity index (χ1) is 15.9. The summed E-state index contributed by atoms with van der Waals surface area (Å²) >= 11 is 0. The lowest BCUT2D eigenvalue weighted by Gasteiger charge is -2.20. The van der Waals surface area contributed by atoms with Gasteiger partial charge in [0.25, 0.3) is 5.56 Å². The summed E-state index contributed by atoms with van der Waals surface area (Å²) in [5.74, 6) is -0.386. The Morgan fingerprint density at radius 1 is 1.12 bits per heavy atom. The minimum absolute atomic E-state index is 0.0919. The average Bonchev–Trinajstić information content (AvgIpc) is 3.31. The maximum absolute atomic E-state index is 13.4. The maximum Gasteiger partial charge on any atom is 0.397 e. The Morgan fingerprint density at radius 3 is 2.55 bits per heavy atom. The van der Waals surface area contributed by atoms with E-state index < -0.39 is 5.97 Å². The maximum atomic E-state index is 13.4. The number of pyridine rings is 1. The zero-order valence-corrected chi connectivity index (χ0v) is 18.9. The Kier molecular flexibility index (Phi) is 6.37. The summed E-state index contributed by atoms with van der Waals surface area (Å²) in [6, 6.07) is 15.2. The fourth-order valence-electron chi connectivity index (χ4n) is 3.95. The molecule has 2 N–H and O–H groups in total. The van der Waals surface area contributed by atoms with Crippen molar-refractivity contribution in [3.63, 3.8) is 0 Å². The minimum atomic E-state index is -0.677. The van der Waals surface area contributed by atoms with Gasteiger partial charge in [-0.3, -0.25) is 4.79 Å². The zero-order valence-electron chi connectivity index (χ0n) is 18.9. The van der Waals surface area contributed by atoms with Gasteiger partial charge in [0.2, 0.25) is 5.82 Å². The van der Waals surface area contributed by atoms with E-state index in [0.29, 0.717) is 17.5 Å². The smallest absolute Gasteiger partial charge is 0.397 e. The van der Waals surface area contributed by atoms with Crippen LogP contribution in [0.5, 0.6) is 0 Å². The van der Waals surface area contributed by atoms with Crippen molar-refractivity contribution >= 4 is 16.7 Å². The molecule has 8 nitrogen and oxygen atoms in total. The molecule has 0 spiro atoms. The molecular weight excluding hydrogens is 420 g/mol. The van der Waals surface area contributed by atoms with Gasteiger partial charge >= 0.3 is 11.9 Å². The number of hydrogen-bond acceptors (Lipinski definition) is 7. The predicted molar refractivity (Wildman–Crippen MR) is 126 cm³/mol. The molecule has 4 aromatic rings. The van der Waals surface area contributed by atoms with Crippen molar-refractivity contribution in [2.45, 2.75) is 33.9 Å². The van der Waals surface area contributed by atoms with E-state index >= 15 is 0 Å². The third kappa shape index (κ3) is 4.29. The van der Waals surface area contributed by atoms with Crippen LogP contribution in [-0.2, 0) is 17.8 Å². The highest BCUT2D eigenvalue weighted by molar-refractivity contribution is 5.99. The van der Waals surface area contributed by atoms with Crippen LogP contribution in [0.1, 0.15) is 37.2 Å². The van der Waals surface area contributed by atoms with E-state index in [1.165, 1.54) is 0 Å². The molecule has 0 saturated carbocycles. The second-order valence-corrected chi connectivity index (χ2v) is 8.11. The minimum Gasteiger partial charge on any atom is -0.459 e. The largest absolute Gasteiger partial charge is 0.459 e. The van der Waals surface area contributed by atoms with E-state index in [0.717, 1.165) is 22.2 Å². The fourth-order valence-corrected chi connectivity index (χ4v) is 3.95. The fraction of sp³-hybridized carbons (Fsp3) is 0.280. The Bertz CT molecular complexity index is 1360. The second-order valence-electron chi connectivity index (χ2n) is 8.11. The number of nitrogens with zero attached hydrogens (tertiary/aromatic N) is 3. The molecule has 2 aromatic heterocycles. The van der Waals surface area contributed by atoms with Gasteiger partial charge in [-0.05, 0) is 35.9 Å². The molecule has 0 unspecified atom stereocenters. The van der Waals surface area contributed by atoms with Crippen LogP contribution in [0.2, 0.25) is 0 Å². The first-order valence-electron chi connectivity index (χ1n) is 10.9. The van der Waals surface area contributed by atoms with Crippen molar-refractivity contribution in [2.24, 2.45) is 11.7 Å². The topological polar surface area (TPSA) is 113 Å². The number of ether oxygens (including phenoxy) is 1. The van der Waals surface area contributed by atoms with Crippen LogP contribution in [0.15, 0.2) is 57.8 Å². The van der Waals surface area contributed by atoms with Crippen LogP contribution in [0.4, 0.5) is 0 Å². The summed E-state index contributed by atoms with van der Waals surface area (Å²) < 4.78 is 11.8. The molecule has 0 fully saturated rings. The quantitative estimate of drug-likeness (QED) is 0.427. The number of hydrogen-bond donors (Lipinski definition) is 1. The molecule has 0 atom stereocenters. The van der Waals surface area contributed by atoms with Crippen molar-refractivity contribution in [3.05, 3.63) is 70.5 Å². The Labute approximate surface area is 191 Å². The number of fused-ring (bicyclic) bond motifs is 1. The standard InChI is InChI=1S/C25H26N4O4/c1-4-32-25(31)23-27-22(28-33-23)17-10-11-18-19(12-17)21(16-8-6-5-7-9-16)20(13-26)29(24(18)30)14-15(2)3/h5-12,15H,4,13-14,26H2,1-3H3. The molecular formula is C25H26N4O4. The Hall–Kier alpha value is -3.78. The SMILES string of the molecule is CCOC(=O)c1nc(-c2ccc3c(=O)n(CC(C)C)c(CN)c(-c4ccccc4)c3c2)no1. The predicted octanol–water partition coefficient (Wildman–Crippen LogP) is 4.01. The van der Waals surface area contributed by atoms with Crippen LogP contribution in [0, 0.1) is 5.92 Å². The lowest BCUT2D eigenvalue weighted by molar-refractivity contribution is 0.0470. The number of benzene rings is 2. The molecule has 0 aliphatic rings. The number of esters is 1. The third-order valence-corrected chi connectivity index (χ3v) is 5.32. The van der Waals surface area contributed by atoms with E-state index in [4.69, 9.17) is 15.0 Å². The molecule has 170 valence electrons. The summed E-state index contributed by atoms with van der Waals surface area (Å²) in [4.78, 5) is 29.5. The average molecular weight is 447 g/mol. The second kappa shape index (κ2) is 9.38. The van der Waals surface area contributed by atoms with Crippen molar-refractivity contribution in [1.82, 2.24) is 14.7 Å². The van der Waals surface area contributed by atoms with E-state index in [9.17, 15) is 9.59 Å². The van der Waals surface area contributed by atoms with Crippen LogP contribution in [0.25, 0.3) is 33.3 Å². The Balaban J connectivity index is 1.97. The number of carbonyl (C=O) groups excluding carboxylic acids is 1. The highest BCUT2D eigenvalue weighted by atomic mass is 16.6. The molecule has 2 aromatic carbocycles. The molecule has 4 rings (SSSR count). The van der Waals surface area contributed by atoms with Crippen molar-refractivity contribution in [2.75, 3.05) is 6.61 Å². The van der Waals surface area contributed by atoms with E-state index in [1.54, 1.807) is 23.6 Å². The van der Waals surface area contributed by atoms with Gasteiger partial charge in [-0.1, -0.05) is 55.4 Å². The summed E-state index contributed by atoms with van der Waals surface area (Å²) in [5, 5.41) is 5.24. The van der Waals surface area contributed by atoms with E-state index in [-0.39, 0.29) is 36.3 Å². The van der Waals surface area contributed by atoms with Crippen molar-refractivity contribution < 1.29 is 14.1 Å². The molecule has 0 saturated heterocycles. The molecule has 2 heterocycles. The normalized spacial score (nSPS) is 11.3. The molecule has 33 heavy (non-hydrogen) atoms. The number of rotatable bonds is 7. The summed E-state index contributed by atoms with van der Waals surface area (Å²) in [6.07, 6.45) is 0. The molecule has 0 aliphatic carbocycles. The molecule has 8 heteroatoms. The van der Waals surface area contributed by atoms with Crippen LogP contribution >= 0.6 is 0 Å². The Morgan fingerprint density at radius 2 is 1.88 bits per heavy atom. The van der Waals surface area contributed by atoms with E-state index in [1.807, 2.05) is 36.4 Å². The van der Waals surface area contributed by atoms with Gasteiger partial charge in [-0.25, -0.2) is 4.79 Å². The number of nitrogens with two attached hydrogens (primary N) is 1. The van der Waals surface area contributed by atoms with Crippen molar-refractivity contribution in [3.8, 4) is 22.5 Å². The van der Waals surface area contributed by atoms with Gasteiger partial charge in [-0.15, -0.1) is 0 Å². The molecule has 0 radical (unpaired) electrons. The van der Waals surface area contributed by atoms with Gasteiger partial charge in [0.15, 0.2) is 0 Å². The molecule has 0 amide bonds. The van der Waals surface area contributed by atoms with Gasteiger partial charge < -0.3 is 19.6 Å². The van der Waals surface area contributed by atoms with Gasteiger partial charge in [0, 0.05) is 35.3 Å². The van der Waals surface area contributed by atoms with Crippen LogP contribution in [-0.4, -0.2) is 27.3 Å².